The van der Waals surface area contributed by atoms with E-state index in [0.717, 1.165) is 11.1 Å². The van der Waals surface area contributed by atoms with Crippen LogP contribution in [0.5, 0.6) is 0 Å². The highest BCUT2D eigenvalue weighted by Crippen LogP contribution is 2.39. The second-order valence-corrected chi connectivity index (χ2v) is 6.13. The van der Waals surface area contributed by atoms with Crippen molar-refractivity contribution in [3.05, 3.63) is 88.5 Å². The Labute approximate surface area is 152 Å². The molecular weight excluding hydrogens is 326 g/mol. The van der Waals surface area contributed by atoms with Gasteiger partial charge in [-0.05, 0) is 31.5 Å². The van der Waals surface area contributed by atoms with Gasteiger partial charge in [0.2, 0.25) is 5.88 Å². The lowest BCUT2D eigenvalue weighted by atomic mass is 9.82. The van der Waals surface area contributed by atoms with Crippen molar-refractivity contribution >= 4 is 11.6 Å². The summed E-state index contributed by atoms with van der Waals surface area (Å²) in [6.07, 6.45) is 0. The molecule has 1 heterocycles. The third-order valence-electron chi connectivity index (χ3n) is 4.26. The number of ether oxygens (including phenoxy) is 1. The number of amides is 1. The number of carbonyl (C=O) groups is 1. The Kier molecular flexibility index (Phi) is 4.76. The average molecular weight is 345 g/mol. The van der Waals surface area contributed by atoms with E-state index in [9.17, 15) is 10.1 Å². The van der Waals surface area contributed by atoms with Gasteiger partial charge in [-0.25, -0.2) is 0 Å². The van der Waals surface area contributed by atoms with Crippen LogP contribution in [0.1, 0.15) is 24.0 Å². The van der Waals surface area contributed by atoms with Crippen molar-refractivity contribution in [2.24, 2.45) is 5.73 Å². The maximum Gasteiger partial charge on any atom is 0.255 e. The minimum atomic E-state index is -0.572. The molecule has 2 aromatic rings. The molecule has 0 aromatic heterocycles. The van der Waals surface area contributed by atoms with Crippen LogP contribution in [0.15, 0.2) is 77.4 Å². The molecule has 0 unspecified atom stereocenters. The van der Waals surface area contributed by atoms with Crippen molar-refractivity contribution in [1.82, 2.24) is 0 Å². The molecule has 0 aliphatic carbocycles. The number of rotatable bonds is 3. The summed E-state index contributed by atoms with van der Waals surface area (Å²) in [6.45, 7) is 3.64. The van der Waals surface area contributed by atoms with E-state index in [4.69, 9.17) is 10.5 Å². The van der Waals surface area contributed by atoms with Crippen molar-refractivity contribution in [2.75, 3.05) is 5.32 Å². The number of para-hydroxylation sites is 1. The van der Waals surface area contributed by atoms with Crippen LogP contribution in [0.2, 0.25) is 0 Å². The van der Waals surface area contributed by atoms with Crippen molar-refractivity contribution in [1.29, 1.82) is 5.26 Å². The number of aryl methyl sites for hydroxylation is 1. The van der Waals surface area contributed by atoms with Gasteiger partial charge < -0.3 is 15.8 Å². The molecule has 0 bridgehead atoms. The smallest absolute Gasteiger partial charge is 0.255 e. The second-order valence-electron chi connectivity index (χ2n) is 6.13. The number of benzene rings is 2. The van der Waals surface area contributed by atoms with Crippen molar-refractivity contribution in [3.8, 4) is 6.07 Å². The number of anilines is 1. The Balaban J connectivity index is 2.07. The Morgan fingerprint density at radius 1 is 1.15 bits per heavy atom. The van der Waals surface area contributed by atoms with Gasteiger partial charge in [0.05, 0.1) is 11.5 Å². The van der Waals surface area contributed by atoms with Gasteiger partial charge in [0.1, 0.15) is 17.4 Å². The second kappa shape index (κ2) is 7.16. The summed E-state index contributed by atoms with van der Waals surface area (Å²) >= 11 is 0. The molecule has 3 N–H and O–H groups in total. The van der Waals surface area contributed by atoms with Crippen LogP contribution in [-0.2, 0) is 9.53 Å². The number of carbonyl (C=O) groups excluding carboxylic acids is 1. The molecule has 130 valence electrons. The zero-order valence-corrected chi connectivity index (χ0v) is 14.6. The number of nitrogens with two attached hydrogens (primary N) is 1. The largest absolute Gasteiger partial charge is 0.445 e. The fourth-order valence-electron chi connectivity index (χ4n) is 3.08. The zero-order valence-electron chi connectivity index (χ0n) is 14.6. The number of nitrogens with zero attached hydrogens (tertiary/aromatic N) is 1. The van der Waals surface area contributed by atoms with Crippen molar-refractivity contribution < 1.29 is 9.53 Å². The lowest BCUT2D eigenvalue weighted by Gasteiger charge is -2.27. The van der Waals surface area contributed by atoms with Crippen LogP contribution in [-0.4, -0.2) is 5.91 Å². The monoisotopic (exact) mass is 345 g/mol. The fraction of sp³-hybridized carbons (Fsp3) is 0.143. The molecule has 0 spiro atoms. The normalized spacial score (nSPS) is 16.7. The van der Waals surface area contributed by atoms with Gasteiger partial charge in [0.25, 0.3) is 5.91 Å². The van der Waals surface area contributed by atoms with Crippen LogP contribution in [0.3, 0.4) is 0 Å². The van der Waals surface area contributed by atoms with E-state index in [-0.39, 0.29) is 17.4 Å². The van der Waals surface area contributed by atoms with E-state index in [0.29, 0.717) is 17.0 Å². The molecule has 0 fully saturated rings. The molecular formula is C21H19N3O2. The molecule has 0 saturated heterocycles. The summed E-state index contributed by atoms with van der Waals surface area (Å²) in [5.74, 6) is -0.466. The molecule has 1 atom stereocenters. The average Bonchev–Trinajstić information content (AvgIpc) is 2.61. The summed E-state index contributed by atoms with van der Waals surface area (Å²) in [4.78, 5) is 13.0. The number of hydrogen-bond donors (Lipinski definition) is 2. The quantitative estimate of drug-likeness (QED) is 0.887. The minimum Gasteiger partial charge on any atom is -0.445 e. The predicted molar refractivity (Wildman–Crippen MR) is 99.6 cm³/mol. The Morgan fingerprint density at radius 2 is 1.88 bits per heavy atom. The van der Waals surface area contributed by atoms with E-state index in [1.807, 2.05) is 49.4 Å². The number of nitriles is 1. The molecule has 26 heavy (non-hydrogen) atoms. The highest BCUT2D eigenvalue weighted by Gasteiger charge is 2.35. The first-order valence-electron chi connectivity index (χ1n) is 8.22. The van der Waals surface area contributed by atoms with E-state index >= 15 is 0 Å². The minimum absolute atomic E-state index is 0.0350. The van der Waals surface area contributed by atoms with Gasteiger partial charge in [0, 0.05) is 5.69 Å². The maximum absolute atomic E-state index is 13.0. The molecule has 5 heteroatoms. The van der Waals surface area contributed by atoms with Gasteiger partial charge in [-0.2, -0.15) is 5.26 Å². The van der Waals surface area contributed by atoms with E-state index in [1.165, 1.54) is 0 Å². The molecule has 1 aliphatic rings. The van der Waals surface area contributed by atoms with E-state index < -0.39 is 5.92 Å². The summed E-state index contributed by atoms with van der Waals surface area (Å²) in [6, 6.07) is 18.9. The first kappa shape index (κ1) is 17.3. The molecule has 1 amide bonds. The summed E-state index contributed by atoms with van der Waals surface area (Å²) < 4.78 is 5.50. The Bertz CT molecular complexity index is 953. The van der Waals surface area contributed by atoms with Crippen molar-refractivity contribution in [3.63, 3.8) is 0 Å². The van der Waals surface area contributed by atoms with Crippen LogP contribution >= 0.6 is 0 Å². The number of hydrogen-bond acceptors (Lipinski definition) is 4. The van der Waals surface area contributed by atoms with Gasteiger partial charge in [-0.1, -0.05) is 48.0 Å². The summed E-state index contributed by atoms with van der Waals surface area (Å²) in [5.41, 5.74) is 9.07. The van der Waals surface area contributed by atoms with Gasteiger partial charge in [-0.15, -0.1) is 0 Å². The fourth-order valence-corrected chi connectivity index (χ4v) is 3.08. The van der Waals surface area contributed by atoms with Crippen LogP contribution in [0.25, 0.3) is 0 Å². The SMILES string of the molecule is CC1=C(C(=O)Nc2ccccc2)[C@@H](c2cccc(C)c2)C(C#N)=C(N)O1. The highest BCUT2D eigenvalue weighted by atomic mass is 16.5. The Hall–Kier alpha value is -3.52. The third-order valence-corrected chi connectivity index (χ3v) is 4.26. The first-order chi connectivity index (χ1) is 12.5. The van der Waals surface area contributed by atoms with E-state index in [1.54, 1.807) is 19.1 Å². The standard InChI is InChI=1S/C21H19N3O2/c1-13-7-6-8-15(11-13)19-17(12-22)20(23)26-14(2)18(19)21(25)24-16-9-4-3-5-10-16/h3-11,19H,23H2,1-2H3,(H,24,25)/t19-/m0/s1. The lowest BCUT2D eigenvalue weighted by Crippen LogP contribution is -2.27. The molecule has 0 saturated carbocycles. The first-order valence-corrected chi connectivity index (χ1v) is 8.22. The topological polar surface area (TPSA) is 88.1 Å². The molecule has 0 radical (unpaired) electrons. The number of nitrogens with one attached hydrogen (secondary N) is 1. The van der Waals surface area contributed by atoms with Gasteiger partial charge >= 0.3 is 0 Å². The Morgan fingerprint density at radius 3 is 2.54 bits per heavy atom. The molecule has 2 aromatic carbocycles. The number of allylic oxidation sites excluding steroid dienone is 2. The lowest BCUT2D eigenvalue weighted by molar-refractivity contribution is -0.113. The summed E-state index contributed by atoms with van der Waals surface area (Å²) in [5, 5.41) is 12.5. The predicted octanol–water partition coefficient (Wildman–Crippen LogP) is 3.72. The van der Waals surface area contributed by atoms with Gasteiger partial charge in [0.15, 0.2) is 0 Å². The van der Waals surface area contributed by atoms with Crippen LogP contribution in [0, 0.1) is 18.3 Å². The van der Waals surface area contributed by atoms with E-state index in [2.05, 4.69) is 11.4 Å². The van der Waals surface area contributed by atoms with Crippen LogP contribution < -0.4 is 11.1 Å². The maximum atomic E-state index is 13.0. The van der Waals surface area contributed by atoms with Crippen molar-refractivity contribution in [2.45, 2.75) is 19.8 Å². The molecule has 5 nitrogen and oxygen atoms in total. The zero-order chi connectivity index (χ0) is 18.7. The van der Waals surface area contributed by atoms with Crippen LogP contribution in [0.4, 0.5) is 5.69 Å². The third kappa shape index (κ3) is 3.31. The van der Waals surface area contributed by atoms with Gasteiger partial charge in [-0.3, -0.25) is 4.79 Å². The molecule has 3 rings (SSSR count). The molecule has 1 aliphatic heterocycles. The highest BCUT2D eigenvalue weighted by molar-refractivity contribution is 6.06. The summed E-state index contributed by atoms with van der Waals surface area (Å²) in [7, 11) is 0.